The lowest BCUT2D eigenvalue weighted by atomic mass is 9.77. The molecular weight excluding hydrogens is 245 g/mol. The van der Waals surface area contributed by atoms with Gasteiger partial charge in [-0.1, -0.05) is 22.0 Å². The number of hydrogen-bond donors (Lipinski definition) is 2. The number of halogens is 3. The highest BCUT2D eigenvalue weighted by atomic mass is 79.9. The summed E-state index contributed by atoms with van der Waals surface area (Å²) in [5.74, 6) is 0. The molecule has 0 fully saturated rings. The molecule has 0 unspecified atom stereocenters. The van der Waals surface area contributed by atoms with Crippen LogP contribution in [-0.4, -0.2) is 17.2 Å². The zero-order chi connectivity index (χ0) is 10.0. The van der Waals surface area contributed by atoms with Crippen LogP contribution in [0, 0.1) is 0 Å². The van der Waals surface area contributed by atoms with E-state index in [1.807, 2.05) is 0 Å². The third kappa shape index (κ3) is 2.49. The molecule has 1 rings (SSSR count). The third-order valence-corrected chi connectivity index (χ3v) is 2.06. The molecule has 0 aliphatic carbocycles. The van der Waals surface area contributed by atoms with Crippen molar-refractivity contribution in [3.8, 4) is 0 Å². The van der Waals surface area contributed by atoms with Crippen LogP contribution in [0.3, 0.4) is 0 Å². The molecule has 0 atom stereocenters. The second-order valence-electron chi connectivity index (χ2n) is 2.45. The summed E-state index contributed by atoms with van der Waals surface area (Å²) in [5.41, 5.74) is -0.539. The average Bonchev–Trinajstić information content (AvgIpc) is 2.03. The Bertz CT molecular complexity index is 307. The summed E-state index contributed by atoms with van der Waals surface area (Å²) in [6, 6.07) is 3.89. The van der Waals surface area contributed by atoms with E-state index in [1.54, 1.807) is 0 Å². The first-order chi connectivity index (χ1) is 6.02. The van der Waals surface area contributed by atoms with Gasteiger partial charge in [0.05, 0.1) is 0 Å². The molecule has 2 nitrogen and oxygen atoms in total. The highest BCUT2D eigenvalue weighted by Crippen LogP contribution is 2.20. The third-order valence-electron chi connectivity index (χ3n) is 1.56. The van der Waals surface area contributed by atoms with Gasteiger partial charge in [-0.15, -0.1) is 0 Å². The minimum absolute atomic E-state index is 0.168. The van der Waals surface area contributed by atoms with Crippen LogP contribution in [0.2, 0.25) is 0 Å². The first kappa shape index (κ1) is 10.6. The van der Waals surface area contributed by atoms with Crippen molar-refractivity contribution in [2.75, 3.05) is 0 Å². The van der Waals surface area contributed by atoms with E-state index < -0.39 is 13.5 Å². The minimum Gasteiger partial charge on any atom is -0.423 e. The lowest BCUT2D eigenvalue weighted by Crippen LogP contribution is -2.33. The monoisotopic (exact) mass is 250 g/mol. The van der Waals surface area contributed by atoms with Crippen molar-refractivity contribution in [2.45, 2.75) is 6.43 Å². The second kappa shape index (κ2) is 4.17. The Morgan fingerprint density at radius 2 is 1.92 bits per heavy atom. The van der Waals surface area contributed by atoms with Crippen molar-refractivity contribution in [1.29, 1.82) is 0 Å². The van der Waals surface area contributed by atoms with Crippen LogP contribution in [0.15, 0.2) is 22.7 Å². The van der Waals surface area contributed by atoms with Gasteiger partial charge in [0.15, 0.2) is 0 Å². The second-order valence-corrected chi connectivity index (χ2v) is 3.36. The van der Waals surface area contributed by atoms with Crippen molar-refractivity contribution in [1.82, 2.24) is 0 Å². The van der Waals surface area contributed by atoms with Gasteiger partial charge in [-0.25, -0.2) is 8.78 Å². The fourth-order valence-electron chi connectivity index (χ4n) is 0.970. The van der Waals surface area contributed by atoms with Crippen LogP contribution >= 0.6 is 15.9 Å². The van der Waals surface area contributed by atoms with Crippen LogP contribution in [0.1, 0.15) is 12.0 Å². The van der Waals surface area contributed by atoms with Crippen LogP contribution in [0.25, 0.3) is 0 Å². The van der Waals surface area contributed by atoms with Gasteiger partial charge in [0.2, 0.25) is 0 Å². The van der Waals surface area contributed by atoms with Crippen LogP contribution in [-0.2, 0) is 0 Å². The van der Waals surface area contributed by atoms with E-state index >= 15 is 0 Å². The molecule has 6 heteroatoms. The Morgan fingerprint density at radius 3 is 2.38 bits per heavy atom. The van der Waals surface area contributed by atoms with Gasteiger partial charge in [0, 0.05) is 10.0 Å². The van der Waals surface area contributed by atoms with Gasteiger partial charge in [-0.05, 0) is 17.6 Å². The van der Waals surface area contributed by atoms with Crippen molar-refractivity contribution in [3.63, 3.8) is 0 Å². The highest BCUT2D eigenvalue weighted by Gasteiger charge is 2.21. The van der Waals surface area contributed by atoms with E-state index in [1.165, 1.54) is 18.2 Å². The normalized spacial score (nSPS) is 10.6. The van der Waals surface area contributed by atoms with Crippen molar-refractivity contribution in [2.24, 2.45) is 0 Å². The fourth-order valence-corrected chi connectivity index (χ4v) is 1.35. The van der Waals surface area contributed by atoms with E-state index in [4.69, 9.17) is 10.0 Å². The maximum Gasteiger partial charge on any atom is 0.488 e. The first-order valence-electron chi connectivity index (χ1n) is 3.46. The smallest absolute Gasteiger partial charge is 0.423 e. The Labute approximate surface area is 82.5 Å². The molecule has 1 aromatic rings. The summed E-state index contributed by atoms with van der Waals surface area (Å²) in [6.45, 7) is 0. The molecular formula is C7H6BBrF2O2. The summed E-state index contributed by atoms with van der Waals surface area (Å²) in [7, 11) is -1.86. The van der Waals surface area contributed by atoms with Gasteiger partial charge in [-0.3, -0.25) is 0 Å². The molecule has 1 aromatic carbocycles. The van der Waals surface area contributed by atoms with E-state index in [2.05, 4.69) is 15.9 Å². The number of rotatable bonds is 2. The van der Waals surface area contributed by atoms with Crippen LogP contribution in [0.4, 0.5) is 8.78 Å². The molecule has 70 valence electrons. The summed E-state index contributed by atoms with van der Waals surface area (Å²) in [6.07, 6.45) is -2.71. The summed E-state index contributed by atoms with van der Waals surface area (Å²) in [4.78, 5) is 0. The molecule has 0 amide bonds. The zero-order valence-corrected chi connectivity index (χ0v) is 8.00. The number of benzene rings is 1. The van der Waals surface area contributed by atoms with Crippen molar-refractivity contribution < 1.29 is 18.8 Å². The van der Waals surface area contributed by atoms with Gasteiger partial charge >= 0.3 is 7.12 Å². The molecule has 0 saturated heterocycles. The van der Waals surface area contributed by atoms with Crippen LogP contribution < -0.4 is 5.46 Å². The van der Waals surface area contributed by atoms with Gasteiger partial charge in [0.25, 0.3) is 6.43 Å². The summed E-state index contributed by atoms with van der Waals surface area (Å²) in [5, 5.41) is 17.5. The molecule has 0 radical (unpaired) electrons. The SMILES string of the molecule is OB(O)c1ccc(Br)cc1C(F)F. The molecule has 0 spiro atoms. The molecule has 2 N–H and O–H groups in total. The molecule has 0 aliphatic rings. The molecule has 13 heavy (non-hydrogen) atoms. The Morgan fingerprint density at radius 1 is 1.31 bits per heavy atom. The molecule has 0 heterocycles. The predicted octanol–water partition coefficient (Wildman–Crippen LogP) is 1.07. The topological polar surface area (TPSA) is 40.5 Å². The summed E-state index contributed by atoms with van der Waals surface area (Å²) >= 11 is 3.02. The van der Waals surface area contributed by atoms with E-state index in [-0.39, 0.29) is 11.0 Å². The van der Waals surface area contributed by atoms with E-state index in [0.717, 1.165) is 0 Å². The first-order valence-corrected chi connectivity index (χ1v) is 4.25. The maximum atomic E-state index is 12.3. The van der Waals surface area contributed by atoms with Gasteiger partial charge in [-0.2, -0.15) is 0 Å². The standard InChI is InChI=1S/C7H6BBrF2O2/c9-4-1-2-6(8(12)13)5(3-4)7(10)11/h1-3,7,12-13H. The van der Waals surface area contributed by atoms with Crippen molar-refractivity contribution >= 4 is 28.5 Å². The van der Waals surface area contributed by atoms with E-state index in [9.17, 15) is 8.78 Å². The van der Waals surface area contributed by atoms with Crippen molar-refractivity contribution in [3.05, 3.63) is 28.2 Å². The molecule has 0 saturated carbocycles. The zero-order valence-electron chi connectivity index (χ0n) is 6.42. The quantitative estimate of drug-likeness (QED) is 0.771. The predicted molar refractivity (Wildman–Crippen MR) is 48.9 cm³/mol. The number of alkyl halides is 2. The minimum atomic E-state index is -2.71. The highest BCUT2D eigenvalue weighted by molar-refractivity contribution is 9.10. The van der Waals surface area contributed by atoms with Crippen LogP contribution in [0.5, 0.6) is 0 Å². The lowest BCUT2D eigenvalue weighted by Gasteiger charge is -2.07. The maximum absolute atomic E-state index is 12.3. The Kier molecular flexibility index (Phi) is 3.41. The summed E-state index contributed by atoms with van der Waals surface area (Å²) < 4.78 is 25.1. The lowest BCUT2D eigenvalue weighted by molar-refractivity contribution is 0.152. The Balaban J connectivity index is 3.19. The number of hydrogen-bond acceptors (Lipinski definition) is 2. The molecule has 0 bridgehead atoms. The average molecular weight is 251 g/mol. The van der Waals surface area contributed by atoms with Gasteiger partial charge < -0.3 is 10.0 Å². The molecule has 0 aliphatic heterocycles. The fraction of sp³-hybridized carbons (Fsp3) is 0.143. The largest absolute Gasteiger partial charge is 0.488 e. The van der Waals surface area contributed by atoms with E-state index in [0.29, 0.717) is 4.47 Å². The molecule has 0 aromatic heterocycles. The van der Waals surface area contributed by atoms with Gasteiger partial charge in [0.1, 0.15) is 0 Å². The Hall–Kier alpha value is -0.455.